The van der Waals surface area contributed by atoms with Gasteiger partial charge in [0.05, 0.1) is 25.4 Å². The molecule has 5 nitrogen and oxygen atoms in total. The van der Waals surface area contributed by atoms with Gasteiger partial charge in [-0.15, -0.1) is 0 Å². The van der Waals surface area contributed by atoms with E-state index >= 15 is 0 Å². The Morgan fingerprint density at radius 2 is 0.342 bits per heavy atom. The van der Waals surface area contributed by atoms with Gasteiger partial charge >= 0.3 is 149 Å². The molecule has 0 unspecified atom stereocenters. The molecular formula is C64H69F51O5. The van der Waals surface area contributed by atoms with Crippen molar-refractivity contribution in [3.05, 3.63) is 17.7 Å². The van der Waals surface area contributed by atoms with Gasteiger partial charge < -0.3 is 19.3 Å². The lowest BCUT2D eigenvalue weighted by atomic mass is 9.87. The lowest BCUT2D eigenvalue weighted by molar-refractivity contribution is -0.461. The zero-order valence-corrected chi connectivity index (χ0v) is 60.3. The van der Waals surface area contributed by atoms with Crippen molar-refractivity contribution in [3.8, 4) is 17.2 Å². The minimum absolute atomic E-state index is 0.0217. The van der Waals surface area contributed by atoms with Crippen molar-refractivity contribution in [3.63, 3.8) is 0 Å². The fourth-order valence-corrected chi connectivity index (χ4v) is 10.7. The van der Waals surface area contributed by atoms with Gasteiger partial charge in [0.25, 0.3) is 0 Å². The molecule has 1 N–H and O–H groups in total. The first kappa shape index (κ1) is 113. The van der Waals surface area contributed by atoms with Crippen molar-refractivity contribution in [2.24, 2.45) is 0 Å². The second kappa shape index (κ2) is 39.2. The Hall–Kier alpha value is -5.48. The number of carboxylic acid groups (broad SMARTS) is 1. The lowest BCUT2D eigenvalue weighted by Gasteiger charge is -2.42. The van der Waals surface area contributed by atoms with E-state index in [2.05, 4.69) is 0 Å². The largest absolute Gasteiger partial charge is 0.490 e. The van der Waals surface area contributed by atoms with Crippen LogP contribution in [0.1, 0.15) is 203 Å². The Morgan fingerprint density at radius 3 is 0.508 bits per heavy atom. The first-order valence-electron chi connectivity index (χ1n) is 34.8. The maximum atomic E-state index is 14.3. The third-order valence-electron chi connectivity index (χ3n) is 18.3. The van der Waals surface area contributed by atoms with Crippen LogP contribution in [-0.4, -0.2) is 174 Å². The minimum atomic E-state index is -8.80. The van der Waals surface area contributed by atoms with Gasteiger partial charge in [0.15, 0.2) is 11.5 Å². The van der Waals surface area contributed by atoms with Crippen LogP contribution < -0.4 is 14.2 Å². The molecule has 0 radical (unpaired) electrons. The summed E-state index contributed by atoms with van der Waals surface area (Å²) in [6.45, 7) is -0.893. The van der Waals surface area contributed by atoms with Crippen molar-refractivity contribution in [1.29, 1.82) is 0 Å². The number of rotatable bonds is 58. The minimum Gasteiger partial charge on any atom is -0.490 e. The highest BCUT2D eigenvalue weighted by molar-refractivity contribution is 5.89. The number of hydrogen-bond acceptors (Lipinski definition) is 4. The molecule has 0 aromatic heterocycles. The van der Waals surface area contributed by atoms with Gasteiger partial charge in [0.2, 0.25) is 5.75 Å². The third-order valence-corrected chi connectivity index (χ3v) is 18.3. The van der Waals surface area contributed by atoms with E-state index in [4.69, 9.17) is 14.2 Å². The summed E-state index contributed by atoms with van der Waals surface area (Å²) in [4.78, 5) is 12.2. The van der Waals surface area contributed by atoms with Crippen LogP contribution in [0.25, 0.3) is 0 Å². The predicted octanol–water partition coefficient (Wildman–Crippen LogP) is 29.3. The summed E-state index contributed by atoms with van der Waals surface area (Å²) in [5, 5.41) is 9.88. The normalized spacial score (nSPS) is 15.3. The van der Waals surface area contributed by atoms with Crippen molar-refractivity contribution >= 4 is 5.97 Å². The smallest absolute Gasteiger partial charge is 0.460 e. The number of carboxylic acids is 1. The van der Waals surface area contributed by atoms with Gasteiger partial charge in [0, 0.05) is 19.3 Å². The van der Waals surface area contributed by atoms with Crippen LogP contribution in [0.4, 0.5) is 224 Å². The third kappa shape index (κ3) is 22.1. The number of aromatic carboxylic acids is 1. The van der Waals surface area contributed by atoms with E-state index < -0.39 is 212 Å². The fraction of sp³-hybridized carbons (Fsp3) is 0.891. The van der Waals surface area contributed by atoms with Crippen molar-refractivity contribution in [2.45, 2.75) is 336 Å². The first-order chi connectivity index (χ1) is 53.3. The highest BCUT2D eigenvalue weighted by Gasteiger charge is 2.99. The van der Waals surface area contributed by atoms with Crippen molar-refractivity contribution in [1.82, 2.24) is 0 Å². The number of benzene rings is 1. The van der Waals surface area contributed by atoms with Crippen molar-refractivity contribution in [2.75, 3.05) is 19.8 Å². The van der Waals surface area contributed by atoms with E-state index in [0.29, 0.717) is 0 Å². The molecule has 0 aliphatic carbocycles. The van der Waals surface area contributed by atoms with Gasteiger partial charge in [-0.2, -0.15) is 224 Å². The van der Waals surface area contributed by atoms with Gasteiger partial charge in [-0.25, -0.2) is 4.79 Å². The van der Waals surface area contributed by atoms with Crippen molar-refractivity contribution < 1.29 is 248 Å². The quantitative estimate of drug-likeness (QED) is 0.0520. The summed E-state index contributed by atoms with van der Waals surface area (Å²) in [6.07, 6.45) is -35.9. The van der Waals surface area contributed by atoms with E-state index in [1.807, 2.05) is 0 Å². The van der Waals surface area contributed by atoms with E-state index in [-0.39, 0.29) is 172 Å². The molecule has 0 bridgehead atoms. The fourth-order valence-electron chi connectivity index (χ4n) is 10.7. The van der Waals surface area contributed by atoms with Crippen LogP contribution in [0, 0.1) is 0 Å². The van der Waals surface area contributed by atoms with E-state index in [1.54, 1.807) is 0 Å². The summed E-state index contributed by atoms with van der Waals surface area (Å²) in [5.41, 5.74) is -0.538. The second-order valence-electron chi connectivity index (χ2n) is 27.4. The maximum Gasteiger partial charge on any atom is 0.460 e. The summed E-state index contributed by atoms with van der Waals surface area (Å²) in [7, 11) is 0. The molecule has 0 saturated heterocycles. The molecule has 0 atom stereocenters. The molecule has 0 saturated carbocycles. The number of unbranched alkanes of at least 4 members (excludes halogenated alkanes) is 24. The average Bonchev–Trinajstić information content (AvgIpc) is 0.704. The standard InChI is InChI=1S/C64H69F51O5/c65-41(66,44(71,72)47(77,78)50(83,84)53(89,90)56(95,96)59(101,102)62(107,108)109)28-22-16-10-4-1-7-13-19-25-31-118-37-34-36(40(116)117)35-38(119-32-26-20-14-8-2-5-11-17-23-29-42(67,68)45(73,74)48(79,80)51(85,86)54(91,92)57(97,98)60(103,104)63(110,111)112)39(37)120-33-27-21-15-9-3-6-12-18-24-30-43(69,70)46(75,76)49(81,82)52(87,88)55(93,94)58(99,100)61(105,106)64(113,114)115/h34-35H,1-33H2,(H,116,117). The molecule has 0 aliphatic heterocycles. The molecular weight excluding hydrogens is 1820 g/mol. The van der Waals surface area contributed by atoms with Crippen LogP contribution in [0.3, 0.4) is 0 Å². The Morgan fingerprint density at radius 1 is 0.200 bits per heavy atom. The molecule has 120 heavy (non-hydrogen) atoms. The molecule has 0 spiro atoms. The molecule has 0 aliphatic rings. The zero-order valence-electron chi connectivity index (χ0n) is 60.3. The lowest BCUT2D eigenvalue weighted by Crippen LogP contribution is -2.74. The first-order valence-corrected chi connectivity index (χ1v) is 34.8. The maximum absolute atomic E-state index is 14.3. The summed E-state index contributed by atoms with van der Waals surface area (Å²) in [5.74, 6) is -175. The molecule has 0 amide bonds. The number of alkyl halides is 51. The van der Waals surface area contributed by atoms with E-state index in [9.17, 15) is 234 Å². The molecule has 0 fully saturated rings. The van der Waals surface area contributed by atoms with Crippen LogP contribution in [0.5, 0.6) is 17.2 Å². The average molecular weight is 1890 g/mol. The number of carbonyl (C=O) groups is 1. The molecule has 712 valence electrons. The summed E-state index contributed by atoms with van der Waals surface area (Å²) in [6, 6.07) is 1.86. The number of hydrogen-bond donors (Lipinski definition) is 1. The SMILES string of the molecule is O=C(O)c1cc(OCCCCCCCCCCCC(F)(F)C(F)(F)C(F)(F)C(F)(F)C(F)(F)C(F)(F)C(F)(F)C(F)(F)F)c(OCCCCCCCCCCCC(F)(F)C(F)(F)C(F)(F)C(F)(F)C(F)(F)C(F)(F)C(F)(F)C(F)(F)F)c(OCCCCCCCCCCCC(F)(F)C(F)(F)C(F)(F)C(F)(F)C(F)(F)C(F)(F)C(F)(F)C(F)(F)F)c1. The van der Waals surface area contributed by atoms with Gasteiger partial charge in [0.1, 0.15) is 0 Å². The van der Waals surface area contributed by atoms with E-state index in [0.717, 1.165) is 12.1 Å². The Bertz CT molecular complexity index is 3170. The van der Waals surface area contributed by atoms with Crippen LogP contribution in [0.15, 0.2) is 12.1 Å². The zero-order chi connectivity index (χ0) is 94.8. The van der Waals surface area contributed by atoms with Crippen LogP contribution >= 0.6 is 0 Å². The highest BCUT2D eigenvalue weighted by Crippen LogP contribution is 2.69. The van der Waals surface area contributed by atoms with Gasteiger partial charge in [-0.3, -0.25) is 0 Å². The summed E-state index contributed by atoms with van der Waals surface area (Å²) >= 11 is 0. The molecule has 1 aromatic carbocycles. The van der Waals surface area contributed by atoms with Crippen LogP contribution in [-0.2, 0) is 0 Å². The van der Waals surface area contributed by atoms with Gasteiger partial charge in [-0.1, -0.05) is 135 Å². The Kier molecular flexibility index (Phi) is 36.7. The van der Waals surface area contributed by atoms with Gasteiger partial charge in [-0.05, 0) is 50.7 Å². The predicted molar refractivity (Wildman–Crippen MR) is 310 cm³/mol. The second-order valence-corrected chi connectivity index (χ2v) is 27.4. The molecule has 0 heterocycles. The monoisotopic (exact) mass is 1890 g/mol. The molecule has 1 aromatic rings. The highest BCUT2D eigenvalue weighted by atomic mass is 19.5. The molecule has 1 rings (SSSR count). The summed E-state index contributed by atoms with van der Waals surface area (Å²) < 4.78 is 711. The van der Waals surface area contributed by atoms with Crippen LogP contribution in [0.2, 0.25) is 0 Å². The topological polar surface area (TPSA) is 65.0 Å². The van der Waals surface area contributed by atoms with E-state index in [1.165, 1.54) is 0 Å². The Labute approximate surface area is 643 Å². The molecule has 56 heteroatoms. The Balaban J connectivity index is 3.11. The number of ether oxygens (including phenoxy) is 3. The number of halogens is 51.